The third-order valence-corrected chi connectivity index (χ3v) is 4.35. The summed E-state index contributed by atoms with van der Waals surface area (Å²) in [5, 5.41) is 9.74. The number of halogens is 1. The van der Waals surface area contributed by atoms with Crippen molar-refractivity contribution in [2.24, 2.45) is 0 Å². The highest BCUT2D eigenvalue weighted by atomic mass is 35.5. The molecule has 0 aromatic heterocycles. The first-order valence-electron chi connectivity index (χ1n) is 5.78. The highest BCUT2D eigenvalue weighted by molar-refractivity contribution is 7.98. The van der Waals surface area contributed by atoms with Crippen LogP contribution in [0.4, 0.5) is 0 Å². The molecular weight excluding hydrogens is 280 g/mol. The molecule has 0 aliphatic carbocycles. The SMILES string of the molecule is Cc1ccc(C(=O)O)cc1SCc1ccccc1Cl. The van der Waals surface area contributed by atoms with E-state index in [0.29, 0.717) is 5.56 Å². The van der Waals surface area contributed by atoms with Crippen LogP contribution < -0.4 is 0 Å². The van der Waals surface area contributed by atoms with Crippen LogP contribution in [0.5, 0.6) is 0 Å². The Kier molecular flexibility index (Phi) is 4.51. The van der Waals surface area contributed by atoms with Gasteiger partial charge < -0.3 is 5.11 Å². The first-order chi connectivity index (χ1) is 9.08. The second kappa shape index (κ2) is 6.13. The van der Waals surface area contributed by atoms with Gasteiger partial charge in [-0.15, -0.1) is 11.8 Å². The van der Waals surface area contributed by atoms with E-state index in [9.17, 15) is 4.79 Å². The largest absolute Gasteiger partial charge is 0.478 e. The summed E-state index contributed by atoms with van der Waals surface area (Å²) in [6.07, 6.45) is 0. The van der Waals surface area contributed by atoms with E-state index in [0.717, 1.165) is 26.8 Å². The van der Waals surface area contributed by atoms with E-state index >= 15 is 0 Å². The summed E-state index contributed by atoms with van der Waals surface area (Å²) in [6.45, 7) is 1.97. The number of hydrogen-bond donors (Lipinski definition) is 1. The minimum atomic E-state index is -0.903. The van der Waals surface area contributed by atoms with E-state index in [4.69, 9.17) is 16.7 Å². The third kappa shape index (κ3) is 3.52. The molecule has 0 spiro atoms. The van der Waals surface area contributed by atoms with Gasteiger partial charge in [0.05, 0.1) is 5.56 Å². The number of benzene rings is 2. The minimum absolute atomic E-state index is 0.312. The van der Waals surface area contributed by atoms with Crippen molar-refractivity contribution in [1.82, 2.24) is 0 Å². The number of carbonyl (C=O) groups is 1. The fourth-order valence-corrected chi connectivity index (χ4v) is 3.01. The van der Waals surface area contributed by atoms with E-state index in [1.807, 2.05) is 37.3 Å². The van der Waals surface area contributed by atoms with Crippen molar-refractivity contribution in [2.75, 3.05) is 0 Å². The van der Waals surface area contributed by atoms with Crippen molar-refractivity contribution >= 4 is 29.3 Å². The molecular formula is C15H13ClO2S. The molecule has 19 heavy (non-hydrogen) atoms. The van der Waals surface area contributed by atoms with Gasteiger partial charge in [-0.25, -0.2) is 4.79 Å². The van der Waals surface area contributed by atoms with E-state index in [2.05, 4.69) is 0 Å². The lowest BCUT2D eigenvalue weighted by Crippen LogP contribution is -1.97. The van der Waals surface area contributed by atoms with Gasteiger partial charge in [-0.05, 0) is 36.2 Å². The van der Waals surface area contributed by atoms with Gasteiger partial charge in [-0.3, -0.25) is 0 Å². The second-order valence-corrected chi connectivity index (χ2v) is 5.59. The van der Waals surface area contributed by atoms with Crippen LogP contribution in [-0.2, 0) is 5.75 Å². The molecule has 2 aromatic rings. The molecule has 0 bridgehead atoms. The summed E-state index contributed by atoms with van der Waals surface area (Å²) in [7, 11) is 0. The Morgan fingerprint density at radius 3 is 2.68 bits per heavy atom. The van der Waals surface area contributed by atoms with Crippen LogP contribution in [-0.4, -0.2) is 11.1 Å². The van der Waals surface area contributed by atoms with Gasteiger partial charge in [0.25, 0.3) is 0 Å². The number of rotatable bonds is 4. The molecule has 0 aliphatic rings. The molecule has 0 unspecified atom stereocenters. The number of aromatic carboxylic acids is 1. The maximum atomic E-state index is 11.0. The highest BCUT2D eigenvalue weighted by Crippen LogP contribution is 2.29. The van der Waals surface area contributed by atoms with Crippen LogP contribution in [0.1, 0.15) is 21.5 Å². The van der Waals surface area contributed by atoms with Gasteiger partial charge in [0.1, 0.15) is 0 Å². The Morgan fingerprint density at radius 1 is 1.26 bits per heavy atom. The Bertz CT molecular complexity index is 611. The zero-order valence-electron chi connectivity index (χ0n) is 10.4. The average Bonchev–Trinajstić information content (AvgIpc) is 2.39. The van der Waals surface area contributed by atoms with Gasteiger partial charge in [0, 0.05) is 15.7 Å². The Morgan fingerprint density at radius 2 is 2.00 bits per heavy atom. The number of hydrogen-bond acceptors (Lipinski definition) is 2. The average molecular weight is 293 g/mol. The fraction of sp³-hybridized carbons (Fsp3) is 0.133. The molecule has 2 nitrogen and oxygen atoms in total. The first-order valence-corrected chi connectivity index (χ1v) is 7.14. The smallest absolute Gasteiger partial charge is 0.335 e. The van der Waals surface area contributed by atoms with Gasteiger partial charge in [-0.1, -0.05) is 35.9 Å². The zero-order chi connectivity index (χ0) is 13.8. The molecule has 1 N–H and O–H groups in total. The summed E-state index contributed by atoms with van der Waals surface area (Å²) in [5.41, 5.74) is 2.43. The van der Waals surface area contributed by atoms with Crippen LogP contribution in [0.15, 0.2) is 47.4 Å². The van der Waals surface area contributed by atoms with Crippen LogP contribution in [0.3, 0.4) is 0 Å². The third-order valence-electron chi connectivity index (χ3n) is 2.78. The van der Waals surface area contributed by atoms with E-state index in [1.165, 1.54) is 0 Å². The summed E-state index contributed by atoms with van der Waals surface area (Å²) in [5.74, 6) is -0.177. The van der Waals surface area contributed by atoms with Crippen LogP contribution >= 0.6 is 23.4 Å². The van der Waals surface area contributed by atoms with Crippen LogP contribution in [0.25, 0.3) is 0 Å². The summed E-state index contributed by atoms with van der Waals surface area (Å²) in [6, 6.07) is 12.8. The maximum absolute atomic E-state index is 11.0. The zero-order valence-corrected chi connectivity index (χ0v) is 12.0. The van der Waals surface area contributed by atoms with Gasteiger partial charge in [-0.2, -0.15) is 0 Å². The summed E-state index contributed by atoms with van der Waals surface area (Å²) in [4.78, 5) is 11.9. The van der Waals surface area contributed by atoms with Crippen molar-refractivity contribution in [3.8, 4) is 0 Å². The van der Waals surface area contributed by atoms with Crippen molar-refractivity contribution in [2.45, 2.75) is 17.6 Å². The van der Waals surface area contributed by atoms with Gasteiger partial charge in [0.2, 0.25) is 0 Å². The molecule has 0 aliphatic heterocycles. The van der Waals surface area contributed by atoms with Crippen LogP contribution in [0, 0.1) is 6.92 Å². The molecule has 4 heteroatoms. The standard InChI is InChI=1S/C15H13ClO2S/c1-10-6-7-11(15(17)18)8-14(10)19-9-12-4-2-3-5-13(12)16/h2-8H,9H2,1H3,(H,17,18). The molecule has 0 atom stereocenters. The lowest BCUT2D eigenvalue weighted by Gasteiger charge is -2.08. The second-order valence-electron chi connectivity index (χ2n) is 4.17. The summed E-state index contributed by atoms with van der Waals surface area (Å²) < 4.78 is 0. The fourth-order valence-electron chi connectivity index (χ4n) is 1.66. The molecule has 2 aromatic carbocycles. The highest BCUT2D eigenvalue weighted by Gasteiger charge is 2.07. The molecule has 98 valence electrons. The van der Waals surface area contributed by atoms with Crippen molar-refractivity contribution in [3.05, 3.63) is 64.2 Å². The Labute approximate surface area is 121 Å². The predicted octanol–water partition coefficient (Wildman–Crippen LogP) is 4.64. The van der Waals surface area contributed by atoms with Crippen molar-refractivity contribution in [3.63, 3.8) is 0 Å². The van der Waals surface area contributed by atoms with Crippen molar-refractivity contribution in [1.29, 1.82) is 0 Å². The Hall–Kier alpha value is -1.45. The van der Waals surface area contributed by atoms with E-state index < -0.39 is 5.97 Å². The quantitative estimate of drug-likeness (QED) is 0.834. The van der Waals surface area contributed by atoms with Crippen LogP contribution in [0.2, 0.25) is 5.02 Å². The van der Waals surface area contributed by atoms with Gasteiger partial charge >= 0.3 is 5.97 Å². The molecule has 0 heterocycles. The molecule has 0 saturated heterocycles. The van der Waals surface area contributed by atoms with E-state index in [-0.39, 0.29) is 0 Å². The molecule has 0 amide bonds. The normalized spacial score (nSPS) is 10.4. The number of thioether (sulfide) groups is 1. The monoisotopic (exact) mass is 292 g/mol. The predicted molar refractivity (Wildman–Crippen MR) is 79.2 cm³/mol. The maximum Gasteiger partial charge on any atom is 0.335 e. The molecule has 0 radical (unpaired) electrons. The number of aryl methyl sites for hydroxylation is 1. The molecule has 0 fully saturated rings. The first kappa shape index (κ1) is 14.0. The number of carboxylic acid groups (broad SMARTS) is 1. The van der Waals surface area contributed by atoms with E-state index in [1.54, 1.807) is 23.9 Å². The number of carboxylic acids is 1. The lowest BCUT2D eigenvalue weighted by molar-refractivity contribution is 0.0696. The lowest BCUT2D eigenvalue weighted by atomic mass is 10.1. The van der Waals surface area contributed by atoms with Crippen molar-refractivity contribution < 1.29 is 9.90 Å². The topological polar surface area (TPSA) is 37.3 Å². The Balaban J connectivity index is 2.17. The minimum Gasteiger partial charge on any atom is -0.478 e. The molecule has 0 saturated carbocycles. The summed E-state index contributed by atoms with van der Waals surface area (Å²) >= 11 is 7.70. The van der Waals surface area contributed by atoms with Gasteiger partial charge in [0.15, 0.2) is 0 Å². The molecule has 2 rings (SSSR count).